The molecule has 1 aromatic heterocycles. The molecule has 0 aliphatic heterocycles. The molecule has 2 aromatic rings. The van der Waals surface area contributed by atoms with E-state index in [2.05, 4.69) is 20.9 Å². The zero-order valence-corrected chi connectivity index (χ0v) is 11.8. The summed E-state index contributed by atoms with van der Waals surface area (Å²) in [7, 11) is 0. The Kier molecular flexibility index (Phi) is 4.37. The number of nitrogens with zero attached hydrogens (tertiary/aromatic N) is 2. The first-order valence-corrected chi connectivity index (χ1v) is 6.43. The largest absolute Gasteiger partial charge is 0.288 e. The van der Waals surface area contributed by atoms with E-state index in [0.717, 1.165) is 5.56 Å². The number of non-ortho nitro benzene ring substituents is 1. The molecule has 0 spiro atoms. The van der Waals surface area contributed by atoms with Gasteiger partial charge in [-0.1, -0.05) is 0 Å². The molecule has 0 aliphatic carbocycles. The van der Waals surface area contributed by atoms with Crippen molar-refractivity contribution in [2.75, 3.05) is 0 Å². The van der Waals surface area contributed by atoms with Crippen molar-refractivity contribution in [3.05, 3.63) is 74.5 Å². The van der Waals surface area contributed by atoms with Gasteiger partial charge in [-0.2, -0.15) is 0 Å². The standard InChI is InChI=1S/C14H9BrN2O3/c15-13(9-10-5-7-16-8-6-10)14(18)11-1-3-12(4-2-11)17(19)20/h1-9H/b13-9+. The number of carbonyl (C=O) groups excluding carboxylic acids is 1. The van der Waals surface area contributed by atoms with Gasteiger partial charge in [0, 0.05) is 30.1 Å². The number of rotatable bonds is 4. The second-order valence-corrected chi connectivity index (χ2v) is 4.76. The van der Waals surface area contributed by atoms with Gasteiger partial charge in [-0.25, -0.2) is 0 Å². The van der Waals surface area contributed by atoms with Gasteiger partial charge < -0.3 is 0 Å². The molecule has 6 heteroatoms. The van der Waals surface area contributed by atoms with Crippen molar-refractivity contribution in [1.82, 2.24) is 4.98 Å². The van der Waals surface area contributed by atoms with Gasteiger partial charge in [-0.3, -0.25) is 19.9 Å². The lowest BCUT2D eigenvalue weighted by molar-refractivity contribution is -0.384. The number of nitro groups is 1. The Balaban J connectivity index is 2.22. The zero-order valence-electron chi connectivity index (χ0n) is 10.2. The molecule has 0 aliphatic rings. The molecule has 0 amide bonds. The van der Waals surface area contributed by atoms with Crippen molar-refractivity contribution in [1.29, 1.82) is 0 Å². The molecular weight excluding hydrogens is 324 g/mol. The van der Waals surface area contributed by atoms with E-state index in [1.807, 2.05) is 0 Å². The maximum absolute atomic E-state index is 12.1. The van der Waals surface area contributed by atoms with Crippen LogP contribution >= 0.6 is 15.9 Å². The lowest BCUT2D eigenvalue weighted by Gasteiger charge is -2.00. The summed E-state index contributed by atoms with van der Waals surface area (Å²) in [6.45, 7) is 0. The molecule has 20 heavy (non-hydrogen) atoms. The van der Waals surface area contributed by atoms with Gasteiger partial charge in [0.2, 0.25) is 0 Å². The summed E-state index contributed by atoms with van der Waals surface area (Å²) >= 11 is 3.22. The van der Waals surface area contributed by atoms with Crippen molar-refractivity contribution in [2.45, 2.75) is 0 Å². The molecule has 100 valence electrons. The first kappa shape index (κ1) is 14.1. The van der Waals surface area contributed by atoms with E-state index in [9.17, 15) is 14.9 Å². The summed E-state index contributed by atoms with van der Waals surface area (Å²) < 4.78 is 0.373. The van der Waals surface area contributed by atoms with Crippen LogP contribution in [0.1, 0.15) is 15.9 Å². The lowest BCUT2D eigenvalue weighted by Crippen LogP contribution is -1.99. The number of hydrogen-bond donors (Lipinski definition) is 0. The van der Waals surface area contributed by atoms with Crippen molar-refractivity contribution >= 4 is 33.5 Å². The summed E-state index contributed by atoms with van der Waals surface area (Å²) in [6.07, 6.45) is 4.93. The smallest absolute Gasteiger partial charge is 0.269 e. The Morgan fingerprint density at radius 3 is 2.30 bits per heavy atom. The summed E-state index contributed by atoms with van der Waals surface area (Å²) in [5.41, 5.74) is 1.17. The third kappa shape index (κ3) is 3.36. The Hall–Kier alpha value is -2.34. The van der Waals surface area contributed by atoms with Crippen LogP contribution < -0.4 is 0 Å². The predicted molar refractivity (Wildman–Crippen MR) is 78.6 cm³/mol. The van der Waals surface area contributed by atoms with Crippen LogP contribution in [0.3, 0.4) is 0 Å². The van der Waals surface area contributed by atoms with Gasteiger partial charge in [0.05, 0.1) is 9.41 Å². The molecule has 0 N–H and O–H groups in total. The molecule has 0 saturated carbocycles. The summed E-state index contributed by atoms with van der Waals surface area (Å²) in [5.74, 6) is -0.239. The minimum Gasteiger partial charge on any atom is -0.288 e. The van der Waals surface area contributed by atoms with Crippen LogP contribution in [0.15, 0.2) is 53.3 Å². The third-order valence-electron chi connectivity index (χ3n) is 2.56. The van der Waals surface area contributed by atoms with E-state index >= 15 is 0 Å². The number of benzene rings is 1. The zero-order chi connectivity index (χ0) is 14.5. The third-order valence-corrected chi connectivity index (χ3v) is 3.15. The minimum atomic E-state index is -0.504. The van der Waals surface area contributed by atoms with Gasteiger partial charge in [0.25, 0.3) is 5.69 Å². The maximum atomic E-state index is 12.1. The Morgan fingerprint density at radius 2 is 1.75 bits per heavy atom. The predicted octanol–water partition coefficient (Wildman–Crippen LogP) is 3.61. The van der Waals surface area contributed by atoms with Gasteiger partial charge in [0.15, 0.2) is 5.78 Å². The highest BCUT2D eigenvalue weighted by atomic mass is 79.9. The van der Waals surface area contributed by atoms with E-state index < -0.39 is 4.92 Å². The number of ketones is 1. The van der Waals surface area contributed by atoms with Crippen LogP contribution in [0.25, 0.3) is 6.08 Å². The fourth-order valence-corrected chi connectivity index (χ4v) is 2.04. The number of pyridine rings is 1. The molecule has 0 fully saturated rings. The van der Waals surface area contributed by atoms with E-state index in [1.165, 1.54) is 24.3 Å². The molecular formula is C14H9BrN2O3. The second kappa shape index (κ2) is 6.21. The monoisotopic (exact) mass is 332 g/mol. The lowest BCUT2D eigenvalue weighted by atomic mass is 10.1. The SMILES string of the molecule is O=C(/C(Br)=C\c1ccncc1)c1ccc([N+](=O)[O-])cc1. The summed E-state index contributed by atoms with van der Waals surface area (Å²) in [4.78, 5) is 26.1. The van der Waals surface area contributed by atoms with Crippen molar-refractivity contribution in [2.24, 2.45) is 0 Å². The molecule has 0 saturated heterocycles. The molecule has 2 rings (SSSR count). The molecule has 0 radical (unpaired) electrons. The average molecular weight is 333 g/mol. The van der Waals surface area contributed by atoms with Crippen molar-refractivity contribution in [3.63, 3.8) is 0 Å². The highest BCUT2D eigenvalue weighted by Crippen LogP contribution is 2.19. The van der Waals surface area contributed by atoms with Crippen LogP contribution in [0.5, 0.6) is 0 Å². The normalized spacial score (nSPS) is 11.2. The number of Topliss-reactive ketones (excluding diaryl/α,β-unsaturated/α-hetero) is 1. The number of nitro benzene ring substituents is 1. The molecule has 0 unspecified atom stereocenters. The van der Waals surface area contributed by atoms with E-state index in [0.29, 0.717) is 10.0 Å². The molecule has 0 atom stereocenters. The van der Waals surface area contributed by atoms with E-state index in [1.54, 1.807) is 30.6 Å². The molecule has 1 aromatic carbocycles. The van der Waals surface area contributed by atoms with Crippen LogP contribution in [-0.4, -0.2) is 15.7 Å². The second-order valence-electron chi connectivity index (χ2n) is 3.91. The molecule has 5 nitrogen and oxygen atoms in total. The van der Waals surface area contributed by atoms with Gasteiger partial charge >= 0.3 is 0 Å². The Bertz CT molecular complexity index is 667. The Morgan fingerprint density at radius 1 is 1.15 bits per heavy atom. The van der Waals surface area contributed by atoms with Crippen molar-refractivity contribution in [3.8, 4) is 0 Å². The van der Waals surface area contributed by atoms with Crippen LogP contribution in [0.2, 0.25) is 0 Å². The number of halogens is 1. The van der Waals surface area contributed by atoms with Crippen LogP contribution in [0, 0.1) is 10.1 Å². The highest BCUT2D eigenvalue weighted by molar-refractivity contribution is 9.12. The fourth-order valence-electron chi connectivity index (χ4n) is 1.54. The van der Waals surface area contributed by atoms with Gasteiger partial charge in [0.1, 0.15) is 0 Å². The highest BCUT2D eigenvalue weighted by Gasteiger charge is 2.12. The Labute approximate surface area is 123 Å². The first-order valence-electron chi connectivity index (χ1n) is 5.64. The topological polar surface area (TPSA) is 73.1 Å². The molecule has 0 bridgehead atoms. The number of aromatic nitrogens is 1. The summed E-state index contributed by atoms with van der Waals surface area (Å²) in [5, 5.41) is 10.6. The van der Waals surface area contributed by atoms with Gasteiger partial charge in [-0.15, -0.1) is 0 Å². The average Bonchev–Trinajstić information content (AvgIpc) is 2.47. The van der Waals surface area contributed by atoms with Crippen molar-refractivity contribution < 1.29 is 9.72 Å². The van der Waals surface area contributed by atoms with E-state index in [-0.39, 0.29) is 11.5 Å². The van der Waals surface area contributed by atoms with Crippen LogP contribution in [-0.2, 0) is 0 Å². The summed E-state index contributed by atoms with van der Waals surface area (Å²) in [6, 6.07) is 9.01. The first-order chi connectivity index (χ1) is 9.58. The molecule has 1 heterocycles. The minimum absolute atomic E-state index is 0.0456. The van der Waals surface area contributed by atoms with Gasteiger partial charge in [-0.05, 0) is 51.8 Å². The van der Waals surface area contributed by atoms with E-state index in [4.69, 9.17) is 0 Å². The number of hydrogen-bond acceptors (Lipinski definition) is 4. The maximum Gasteiger partial charge on any atom is 0.269 e. The fraction of sp³-hybridized carbons (Fsp3) is 0. The van der Waals surface area contributed by atoms with Crippen LogP contribution in [0.4, 0.5) is 5.69 Å². The number of carbonyl (C=O) groups is 1. The number of allylic oxidation sites excluding steroid dienone is 1. The quantitative estimate of drug-likeness (QED) is 0.371.